The fourth-order valence-electron chi connectivity index (χ4n) is 2.86. The molecule has 0 aromatic rings. The van der Waals surface area contributed by atoms with Crippen LogP contribution in [0.3, 0.4) is 0 Å². The molecule has 0 aromatic heterocycles. The lowest BCUT2D eigenvalue weighted by Crippen LogP contribution is -2.51. The van der Waals surface area contributed by atoms with E-state index in [9.17, 15) is 9.90 Å². The van der Waals surface area contributed by atoms with Crippen LogP contribution in [0.5, 0.6) is 0 Å². The number of aliphatic hydroxyl groups is 1. The third-order valence-corrected chi connectivity index (χ3v) is 4.06. The van der Waals surface area contributed by atoms with Crippen LogP contribution >= 0.6 is 0 Å². The molecule has 1 saturated carbocycles. The Morgan fingerprint density at radius 2 is 2.06 bits per heavy atom. The number of hydrogen-bond donors (Lipinski definition) is 1. The molecular formula is C14H25NO3. The van der Waals surface area contributed by atoms with Gasteiger partial charge in [-0.15, -0.1) is 0 Å². The Bertz CT molecular complexity index is 328. The molecule has 2 rings (SSSR count). The van der Waals surface area contributed by atoms with Crippen molar-refractivity contribution in [3.05, 3.63) is 0 Å². The highest BCUT2D eigenvalue weighted by molar-refractivity contribution is 5.70. The van der Waals surface area contributed by atoms with E-state index in [0.29, 0.717) is 12.5 Å². The van der Waals surface area contributed by atoms with E-state index in [1.165, 1.54) is 0 Å². The van der Waals surface area contributed by atoms with E-state index in [4.69, 9.17) is 4.74 Å². The summed E-state index contributed by atoms with van der Waals surface area (Å²) in [5.41, 5.74) is -0.448. The summed E-state index contributed by atoms with van der Waals surface area (Å²) in [6.45, 7) is 8.25. The third kappa shape index (κ3) is 2.79. The molecule has 1 heterocycles. The van der Waals surface area contributed by atoms with Gasteiger partial charge in [-0.2, -0.15) is 0 Å². The van der Waals surface area contributed by atoms with Crippen molar-refractivity contribution in [2.24, 2.45) is 5.92 Å². The number of carbonyl (C=O) groups excluding carboxylic acids is 1. The van der Waals surface area contributed by atoms with Gasteiger partial charge in [0, 0.05) is 12.1 Å². The lowest BCUT2D eigenvalue weighted by atomic mass is 9.86. The maximum atomic E-state index is 12.2. The molecule has 18 heavy (non-hydrogen) atoms. The summed E-state index contributed by atoms with van der Waals surface area (Å²) in [7, 11) is 0. The molecule has 2 fully saturated rings. The largest absolute Gasteiger partial charge is 0.444 e. The van der Waals surface area contributed by atoms with Crippen LogP contribution < -0.4 is 0 Å². The second-order valence-electron chi connectivity index (χ2n) is 6.85. The zero-order valence-electron chi connectivity index (χ0n) is 11.9. The summed E-state index contributed by atoms with van der Waals surface area (Å²) in [6.07, 6.45) is 3.43. The smallest absolute Gasteiger partial charge is 0.410 e. The fraction of sp³-hybridized carbons (Fsp3) is 0.929. The van der Waals surface area contributed by atoms with Crippen molar-refractivity contribution in [1.82, 2.24) is 4.90 Å². The summed E-state index contributed by atoms with van der Waals surface area (Å²) in [5.74, 6) is 0.325. The SMILES string of the molecule is CC(O)C1CCN(C(=O)OC(C)(C)C)C2(CC2)C1. The Morgan fingerprint density at radius 1 is 1.44 bits per heavy atom. The molecule has 2 unspecified atom stereocenters. The first-order chi connectivity index (χ1) is 8.23. The van der Waals surface area contributed by atoms with Crippen LogP contribution in [0, 0.1) is 5.92 Å². The molecule has 0 bridgehead atoms. The fourth-order valence-corrected chi connectivity index (χ4v) is 2.86. The highest BCUT2D eigenvalue weighted by atomic mass is 16.6. The maximum Gasteiger partial charge on any atom is 0.410 e. The first kappa shape index (κ1) is 13.7. The van der Waals surface area contributed by atoms with Crippen molar-refractivity contribution in [2.75, 3.05) is 6.54 Å². The molecule has 1 saturated heterocycles. The van der Waals surface area contributed by atoms with Crippen LogP contribution in [0.25, 0.3) is 0 Å². The molecule has 1 aliphatic carbocycles. The van der Waals surface area contributed by atoms with E-state index in [1.807, 2.05) is 32.6 Å². The van der Waals surface area contributed by atoms with Gasteiger partial charge in [-0.05, 0) is 59.3 Å². The topological polar surface area (TPSA) is 49.8 Å². The molecule has 4 nitrogen and oxygen atoms in total. The van der Waals surface area contributed by atoms with Gasteiger partial charge in [-0.25, -0.2) is 4.79 Å². The molecule has 104 valence electrons. The number of nitrogens with zero attached hydrogens (tertiary/aromatic N) is 1. The number of rotatable bonds is 1. The van der Waals surface area contributed by atoms with Gasteiger partial charge in [0.05, 0.1) is 6.10 Å². The van der Waals surface area contributed by atoms with Crippen molar-refractivity contribution in [2.45, 2.75) is 70.6 Å². The van der Waals surface area contributed by atoms with Gasteiger partial charge in [0.2, 0.25) is 0 Å². The van der Waals surface area contributed by atoms with E-state index >= 15 is 0 Å². The van der Waals surface area contributed by atoms with Gasteiger partial charge in [0.25, 0.3) is 0 Å². The van der Waals surface area contributed by atoms with Crippen molar-refractivity contribution < 1.29 is 14.6 Å². The number of aliphatic hydroxyl groups excluding tert-OH is 1. The van der Waals surface area contributed by atoms with E-state index in [2.05, 4.69) is 0 Å². The minimum Gasteiger partial charge on any atom is -0.444 e. The molecule has 0 aromatic carbocycles. The Labute approximate surface area is 109 Å². The first-order valence-electron chi connectivity index (χ1n) is 6.92. The summed E-state index contributed by atoms with van der Waals surface area (Å²) in [6, 6.07) is 0. The minimum atomic E-state index is -0.436. The molecular weight excluding hydrogens is 230 g/mol. The number of ether oxygens (including phenoxy) is 1. The van der Waals surface area contributed by atoms with E-state index in [0.717, 1.165) is 25.7 Å². The Hall–Kier alpha value is -0.770. The number of piperidine rings is 1. The standard InChI is InChI=1S/C14H25NO3/c1-10(16)11-5-8-15(14(9-11)6-7-14)12(17)18-13(2,3)4/h10-11,16H,5-9H2,1-4H3. The molecule has 2 aliphatic rings. The average Bonchev–Trinajstić information content (AvgIpc) is 2.95. The molecule has 0 radical (unpaired) electrons. The van der Waals surface area contributed by atoms with Crippen molar-refractivity contribution in [3.8, 4) is 0 Å². The van der Waals surface area contributed by atoms with Crippen molar-refractivity contribution >= 4 is 6.09 Å². The average molecular weight is 255 g/mol. The lowest BCUT2D eigenvalue weighted by Gasteiger charge is -2.41. The summed E-state index contributed by atoms with van der Waals surface area (Å²) < 4.78 is 5.47. The molecule has 2 atom stereocenters. The van der Waals surface area contributed by atoms with Crippen LogP contribution in [0.2, 0.25) is 0 Å². The van der Waals surface area contributed by atoms with Gasteiger partial charge < -0.3 is 14.7 Å². The minimum absolute atomic E-state index is 0.0117. The quantitative estimate of drug-likeness (QED) is 0.783. The second-order valence-corrected chi connectivity index (χ2v) is 6.85. The van der Waals surface area contributed by atoms with Gasteiger partial charge in [0.15, 0.2) is 0 Å². The van der Waals surface area contributed by atoms with E-state index in [-0.39, 0.29) is 17.7 Å². The van der Waals surface area contributed by atoms with Crippen LogP contribution in [0.4, 0.5) is 4.79 Å². The van der Waals surface area contributed by atoms with Gasteiger partial charge >= 0.3 is 6.09 Å². The molecule has 1 amide bonds. The van der Waals surface area contributed by atoms with Crippen molar-refractivity contribution in [1.29, 1.82) is 0 Å². The zero-order chi connectivity index (χ0) is 13.6. The third-order valence-electron chi connectivity index (χ3n) is 4.06. The van der Waals surface area contributed by atoms with Crippen molar-refractivity contribution in [3.63, 3.8) is 0 Å². The number of amides is 1. The highest BCUT2D eigenvalue weighted by Gasteiger charge is 2.54. The summed E-state index contributed by atoms with van der Waals surface area (Å²) in [5, 5.41) is 9.71. The Morgan fingerprint density at radius 3 is 2.50 bits per heavy atom. The number of likely N-dealkylation sites (tertiary alicyclic amines) is 1. The first-order valence-corrected chi connectivity index (χ1v) is 6.92. The monoisotopic (exact) mass is 255 g/mol. The van der Waals surface area contributed by atoms with Gasteiger partial charge in [0.1, 0.15) is 5.60 Å². The maximum absolute atomic E-state index is 12.2. The van der Waals surface area contributed by atoms with E-state index in [1.54, 1.807) is 0 Å². The predicted octanol–water partition coefficient (Wildman–Crippen LogP) is 2.55. The van der Waals surface area contributed by atoms with Crippen LogP contribution in [-0.4, -0.2) is 39.9 Å². The number of carbonyl (C=O) groups is 1. The van der Waals surface area contributed by atoms with Gasteiger partial charge in [-0.3, -0.25) is 0 Å². The molecule has 1 N–H and O–H groups in total. The summed E-state index contributed by atoms with van der Waals surface area (Å²) >= 11 is 0. The lowest BCUT2D eigenvalue weighted by molar-refractivity contribution is -0.0131. The Balaban J connectivity index is 2.01. The summed E-state index contributed by atoms with van der Waals surface area (Å²) in [4.78, 5) is 14.1. The van der Waals surface area contributed by atoms with Crippen LogP contribution in [0.15, 0.2) is 0 Å². The number of hydrogen-bond acceptors (Lipinski definition) is 3. The highest BCUT2D eigenvalue weighted by Crippen LogP contribution is 2.51. The normalized spacial score (nSPS) is 28.1. The van der Waals surface area contributed by atoms with Gasteiger partial charge in [-0.1, -0.05) is 0 Å². The second kappa shape index (κ2) is 4.41. The van der Waals surface area contributed by atoms with Crippen LogP contribution in [0.1, 0.15) is 53.4 Å². The molecule has 4 heteroatoms. The molecule has 1 spiro atoms. The van der Waals surface area contributed by atoms with E-state index < -0.39 is 5.60 Å². The predicted molar refractivity (Wildman–Crippen MR) is 69.3 cm³/mol. The molecule has 1 aliphatic heterocycles. The van der Waals surface area contributed by atoms with Crippen LogP contribution in [-0.2, 0) is 4.74 Å². The zero-order valence-corrected chi connectivity index (χ0v) is 11.9. The Kier molecular flexibility index (Phi) is 3.34.